The van der Waals surface area contributed by atoms with E-state index in [0.29, 0.717) is 16.8 Å². The lowest BCUT2D eigenvalue weighted by molar-refractivity contribution is -0.119. The number of amides is 2. The Labute approximate surface area is 138 Å². The number of ether oxygens (including phenoxy) is 1. The van der Waals surface area contributed by atoms with Crippen LogP contribution in [0.3, 0.4) is 0 Å². The summed E-state index contributed by atoms with van der Waals surface area (Å²) in [6.45, 7) is 1.88. The minimum absolute atomic E-state index is 0.197. The predicted molar refractivity (Wildman–Crippen MR) is 85.9 cm³/mol. The average molecular weight is 329 g/mol. The zero-order valence-electron chi connectivity index (χ0n) is 13.0. The molecule has 0 bridgehead atoms. The van der Waals surface area contributed by atoms with Crippen LogP contribution in [0.25, 0.3) is 11.1 Å². The highest BCUT2D eigenvalue weighted by Crippen LogP contribution is 2.28. The lowest BCUT2D eigenvalue weighted by Crippen LogP contribution is -2.33. The van der Waals surface area contributed by atoms with Gasteiger partial charge in [-0.05, 0) is 35.9 Å². The third-order valence-corrected chi connectivity index (χ3v) is 3.71. The molecule has 1 unspecified atom stereocenters. The van der Waals surface area contributed by atoms with Gasteiger partial charge in [-0.15, -0.1) is 0 Å². The summed E-state index contributed by atoms with van der Waals surface area (Å²) in [6.07, 6.45) is 2.17. The van der Waals surface area contributed by atoms with Gasteiger partial charge in [0.15, 0.2) is 0 Å². The monoisotopic (exact) mass is 329 g/mol. The number of hydrogen-bond donors (Lipinski definition) is 1. The van der Waals surface area contributed by atoms with Crippen LogP contribution < -0.4 is 10.2 Å². The molecule has 0 radical (unpaired) electrons. The molecule has 2 aromatic rings. The first-order valence-corrected chi connectivity index (χ1v) is 7.47. The fourth-order valence-corrected chi connectivity index (χ4v) is 2.53. The van der Waals surface area contributed by atoms with Crippen molar-refractivity contribution in [2.24, 2.45) is 0 Å². The van der Waals surface area contributed by atoms with Gasteiger partial charge >= 0.3 is 6.09 Å². The zero-order valence-corrected chi connectivity index (χ0v) is 13.0. The fourth-order valence-electron chi connectivity index (χ4n) is 2.53. The Morgan fingerprint density at radius 3 is 2.79 bits per heavy atom. The molecule has 124 valence electrons. The Bertz CT molecular complexity index is 767. The van der Waals surface area contributed by atoms with Crippen LogP contribution in [-0.4, -0.2) is 36.2 Å². The highest BCUT2D eigenvalue weighted by atomic mass is 19.1. The molecule has 1 aromatic carbocycles. The maximum atomic E-state index is 14.4. The van der Waals surface area contributed by atoms with Gasteiger partial charge in [-0.3, -0.25) is 14.7 Å². The third kappa shape index (κ3) is 3.34. The van der Waals surface area contributed by atoms with Crippen LogP contribution in [0.2, 0.25) is 0 Å². The Morgan fingerprint density at radius 2 is 2.12 bits per heavy atom. The second-order valence-electron chi connectivity index (χ2n) is 5.45. The number of hydrogen-bond acceptors (Lipinski definition) is 4. The van der Waals surface area contributed by atoms with Crippen molar-refractivity contribution in [2.75, 3.05) is 18.0 Å². The van der Waals surface area contributed by atoms with E-state index in [0.717, 1.165) is 0 Å². The quantitative estimate of drug-likeness (QED) is 0.935. The Kier molecular flexibility index (Phi) is 4.41. The van der Waals surface area contributed by atoms with Crippen molar-refractivity contribution in [1.82, 2.24) is 10.3 Å². The first-order chi connectivity index (χ1) is 11.5. The van der Waals surface area contributed by atoms with Gasteiger partial charge in [0.05, 0.1) is 18.8 Å². The van der Waals surface area contributed by atoms with Gasteiger partial charge in [-0.1, -0.05) is 0 Å². The van der Waals surface area contributed by atoms with Gasteiger partial charge in [-0.25, -0.2) is 9.18 Å². The number of aromatic nitrogens is 1. The second kappa shape index (κ2) is 6.66. The topological polar surface area (TPSA) is 71.5 Å². The van der Waals surface area contributed by atoms with E-state index in [1.54, 1.807) is 36.7 Å². The van der Waals surface area contributed by atoms with Gasteiger partial charge in [-0.2, -0.15) is 0 Å². The molecule has 3 rings (SSSR count). The highest BCUT2D eigenvalue weighted by Gasteiger charge is 2.32. The first kappa shape index (κ1) is 15.9. The summed E-state index contributed by atoms with van der Waals surface area (Å²) >= 11 is 0. The van der Waals surface area contributed by atoms with E-state index in [9.17, 15) is 14.0 Å². The van der Waals surface area contributed by atoms with Crippen molar-refractivity contribution in [3.05, 3.63) is 48.5 Å². The zero-order chi connectivity index (χ0) is 17.1. The minimum atomic E-state index is -0.554. The van der Waals surface area contributed by atoms with Crippen LogP contribution >= 0.6 is 0 Å². The number of pyridine rings is 1. The molecule has 1 saturated heterocycles. The summed E-state index contributed by atoms with van der Waals surface area (Å²) in [5.74, 6) is -0.631. The maximum Gasteiger partial charge on any atom is 0.414 e. The van der Waals surface area contributed by atoms with E-state index in [4.69, 9.17) is 4.74 Å². The van der Waals surface area contributed by atoms with Crippen LogP contribution in [0.15, 0.2) is 42.7 Å². The molecular weight excluding hydrogens is 313 g/mol. The van der Waals surface area contributed by atoms with E-state index in [1.807, 2.05) is 0 Å². The van der Waals surface area contributed by atoms with Gasteiger partial charge in [0.1, 0.15) is 11.9 Å². The Hall–Kier alpha value is -2.96. The van der Waals surface area contributed by atoms with Gasteiger partial charge in [0.25, 0.3) is 0 Å². The molecule has 1 N–H and O–H groups in total. The van der Waals surface area contributed by atoms with E-state index >= 15 is 0 Å². The first-order valence-electron chi connectivity index (χ1n) is 7.47. The molecule has 2 heterocycles. The van der Waals surface area contributed by atoms with Crippen molar-refractivity contribution >= 4 is 17.7 Å². The number of carbonyl (C=O) groups is 2. The van der Waals surface area contributed by atoms with Crippen LogP contribution in [0.1, 0.15) is 6.92 Å². The number of nitrogens with one attached hydrogen (secondary N) is 1. The lowest BCUT2D eigenvalue weighted by atomic mass is 10.1. The number of halogens is 1. The van der Waals surface area contributed by atoms with Gasteiger partial charge in [0, 0.05) is 24.9 Å². The molecule has 0 saturated carbocycles. The average Bonchev–Trinajstić information content (AvgIpc) is 2.94. The standard InChI is InChI=1S/C17H16FN3O3/c1-11(22)20-9-14-10-21(17(23)24-14)13-2-3-15(16(18)8-13)12-4-6-19-7-5-12/h2-8,14H,9-10H2,1H3,(H,20,22). The van der Waals surface area contributed by atoms with Crippen molar-refractivity contribution < 1.29 is 18.7 Å². The summed E-state index contributed by atoms with van der Waals surface area (Å²) in [7, 11) is 0. The Balaban J connectivity index is 1.77. The molecule has 1 aromatic heterocycles. The summed E-state index contributed by atoms with van der Waals surface area (Å²) in [4.78, 5) is 28.1. The minimum Gasteiger partial charge on any atom is -0.442 e. The normalized spacial score (nSPS) is 16.8. The van der Waals surface area contributed by atoms with E-state index < -0.39 is 18.0 Å². The fraction of sp³-hybridized carbons (Fsp3) is 0.235. The number of rotatable bonds is 4. The number of cyclic esters (lactones) is 1. The smallest absolute Gasteiger partial charge is 0.414 e. The highest BCUT2D eigenvalue weighted by molar-refractivity contribution is 5.90. The number of carbonyl (C=O) groups excluding carboxylic acids is 2. The molecule has 2 amide bonds. The van der Waals surface area contributed by atoms with Crippen molar-refractivity contribution in [1.29, 1.82) is 0 Å². The molecular formula is C17H16FN3O3. The second-order valence-corrected chi connectivity index (χ2v) is 5.45. The number of anilines is 1. The SMILES string of the molecule is CC(=O)NCC1CN(c2ccc(-c3ccncc3)c(F)c2)C(=O)O1. The maximum absolute atomic E-state index is 14.4. The summed E-state index contributed by atoms with van der Waals surface area (Å²) < 4.78 is 19.6. The van der Waals surface area contributed by atoms with E-state index in [1.165, 1.54) is 17.9 Å². The predicted octanol–water partition coefficient (Wildman–Crippen LogP) is 2.35. The summed E-state index contributed by atoms with van der Waals surface area (Å²) in [5, 5.41) is 2.60. The Morgan fingerprint density at radius 1 is 1.38 bits per heavy atom. The lowest BCUT2D eigenvalue weighted by Gasteiger charge is -2.14. The van der Waals surface area contributed by atoms with Crippen molar-refractivity contribution in [2.45, 2.75) is 13.0 Å². The van der Waals surface area contributed by atoms with E-state index in [2.05, 4.69) is 10.3 Å². The number of benzene rings is 1. The van der Waals surface area contributed by atoms with Crippen LogP contribution in [-0.2, 0) is 9.53 Å². The van der Waals surface area contributed by atoms with Crippen molar-refractivity contribution in [3.63, 3.8) is 0 Å². The molecule has 24 heavy (non-hydrogen) atoms. The molecule has 0 spiro atoms. The molecule has 7 heteroatoms. The molecule has 0 aliphatic carbocycles. The molecule has 1 aliphatic rings. The summed E-state index contributed by atoms with van der Waals surface area (Å²) in [6, 6.07) is 8.02. The van der Waals surface area contributed by atoms with Crippen LogP contribution in [0, 0.1) is 5.82 Å². The van der Waals surface area contributed by atoms with Gasteiger partial charge in [0.2, 0.25) is 5.91 Å². The molecule has 1 atom stereocenters. The van der Waals surface area contributed by atoms with Crippen LogP contribution in [0.5, 0.6) is 0 Å². The molecule has 6 nitrogen and oxygen atoms in total. The number of nitrogens with zero attached hydrogens (tertiary/aromatic N) is 2. The van der Waals surface area contributed by atoms with Crippen LogP contribution in [0.4, 0.5) is 14.9 Å². The van der Waals surface area contributed by atoms with E-state index in [-0.39, 0.29) is 19.0 Å². The third-order valence-electron chi connectivity index (χ3n) is 3.71. The summed E-state index contributed by atoms with van der Waals surface area (Å²) in [5.41, 5.74) is 1.56. The largest absolute Gasteiger partial charge is 0.442 e. The molecule has 1 fully saturated rings. The van der Waals surface area contributed by atoms with Gasteiger partial charge < -0.3 is 10.1 Å². The molecule has 1 aliphatic heterocycles. The van der Waals surface area contributed by atoms with Crippen molar-refractivity contribution in [3.8, 4) is 11.1 Å².